The van der Waals surface area contributed by atoms with E-state index in [-0.39, 0.29) is 24.1 Å². The van der Waals surface area contributed by atoms with Crippen LogP contribution in [0, 0.1) is 5.92 Å². The number of amides is 1. The first kappa shape index (κ1) is 17.7. The van der Waals surface area contributed by atoms with Crippen LogP contribution in [0.15, 0.2) is 22.8 Å². The quantitative estimate of drug-likeness (QED) is 0.725. The van der Waals surface area contributed by atoms with Crippen molar-refractivity contribution in [1.29, 1.82) is 0 Å². The first-order valence-electron chi connectivity index (χ1n) is 7.14. The van der Waals surface area contributed by atoms with Gasteiger partial charge in [0.2, 0.25) is 15.9 Å². The Morgan fingerprint density at radius 2 is 2.10 bits per heavy atom. The van der Waals surface area contributed by atoms with E-state index in [2.05, 4.69) is 10.0 Å². The molecule has 0 fully saturated rings. The SMILES string of the molecule is CCCS(=O)(=O)N[C@@H](CC(C)C)C(=O)NCc1ccco1. The van der Waals surface area contributed by atoms with Crippen molar-refractivity contribution >= 4 is 15.9 Å². The second-order valence-corrected chi connectivity index (χ2v) is 7.29. The molecule has 0 saturated heterocycles. The van der Waals surface area contributed by atoms with Crippen molar-refractivity contribution in [3.8, 4) is 0 Å². The number of hydrogen-bond acceptors (Lipinski definition) is 4. The summed E-state index contributed by atoms with van der Waals surface area (Å²) in [6.07, 6.45) is 2.49. The Labute approximate surface area is 126 Å². The van der Waals surface area contributed by atoms with E-state index in [1.165, 1.54) is 6.26 Å². The number of rotatable bonds is 9. The highest BCUT2D eigenvalue weighted by atomic mass is 32.2. The van der Waals surface area contributed by atoms with Gasteiger partial charge in [-0.2, -0.15) is 0 Å². The number of carbonyl (C=O) groups is 1. The van der Waals surface area contributed by atoms with Crippen molar-refractivity contribution in [1.82, 2.24) is 10.0 Å². The number of nitrogens with one attached hydrogen (secondary N) is 2. The molecule has 6 nitrogen and oxygen atoms in total. The van der Waals surface area contributed by atoms with Gasteiger partial charge in [-0.1, -0.05) is 20.8 Å². The molecule has 7 heteroatoms. The van der Waals surface area contributed by atoms with E-state index < -0.39 is 16.1 Å². The van der Waals surface area contributed by atoms with Crippen molar-refractivity contribution in [2.75, 3.05) is 5.75 Å². The minimum Gasteiger partial charge on any atom is -0.467 e. The summed E-state index contributed by atoms with van der Waals surface area (Å²) in [5.74, 6) is 0.518. The largest absolute Gasteiger partial charge is 0.467 e. The van der Waals surface area contributed by atoms with Gasteiger partial charge < -0.3 is 9.73 Å². The number of carbonyl (C=O) groups excluding carboxylic acids is 1. The van der Waals surface area contributed by atoms with E-state index in [1.54, 1.807) is 19.1 Å². The predicted octanol–water partition coefficient (Wildman–Crippen LogP) is 1.64. The maximum Gasteiger partial charge on any atom is 0.238 e. The molecule has 1 amide bonds. The van der Waals surface area contributed by atoms with Crippen LogP contribution in [0.2, 0.25) is 0 Å². The molecule has 0 radical (unpaired) electrons. The normalized spacial score (nSPS) is 13.3. The Balaban J connectivity index is 2.65. The highest BCUT2D eigenvalue weighted by Gasteiger charge is 2.24. The Morgan fingerprint density at radius 3 is 2.62 bits per heavy atom. The lowest BCUT2D eigenvalue weighted by Crippen LogP contribution is -2.47. The lowest BCUT2D eigenvalue weighted by molar-refractivity contribution is -0.123. The monoisotopic (exact) mass is 316 g/mol. The van der Waals surface area contributed by atoms with Crippen LogP contribution < -0.4 is 10.0 Å². The second kappa shape index (κ2) is 8.19. The topological polar surface area (TPSA) is 88.4 Å². The van der Waals surface area contributed by atoms with Crippen LogP contribution in [0.3, 0.4) is 0 Å². The van der Waals surface area contributed by atoms with Crippen molar-refractivity contribution in [2.24, 2.45) is 5.92 Å². The highest BCUT2D eigenvalue weighted by molar-refractivity contribution is 7.89. The van der Waals surface area contributed by atoms with E-state index >= 15 is 0 Å². The third kappa shape index (κ3) is 6.77. The molecular formula is C14H24N2O4S. The molecule has 1 aromatic rings. The maximum atomic E-state index is 12.2. The Kier molecular flexibility index (Phi) is 6.91. The molecule has 1 rings (SSSR count). The van der Waals surface area contributed by atoms with Crippen molar-refractivity contribution in [3.05, 3.63) is 24.2 Å². The summed E-state index contributed by atoms with van der Waals surface area (Å²) in [4.78, 5) is 12.2. The maximum absolute atomic E-state index is 12.2. The van der Waals surface area contributed by atoms with E-state index in [4.69, 9.17) is 4.42 Å². The minimum atomic E-state index is -3.43. The van der Waals surface area contributed by atoms with Gasteiger partial charge in [0.05, 0.1) is 18.6 Å². The van der Waals surface area contributed by atoms with E-state index in [0.717, 1.165) is 0 Å². The van der Waals surface area contributed by atoms with Gasteiger partial charge in [-0.15, -0.1) is 0 Å². The van der Waals surface area contributed by atoms with Crippen LogP contribution in [-0.4, -0.2) is 26.1 Å². The molecular weight excluding hydrogens is 292 g/mol. The average Bonchev–Trinajstić information content (AvgIpc) is 2.87. The summed E-state index contributed by atoms with van der Waals surface area (Å²) in [5.41, 5.74) is 0. The lowest BCUT2D eigenvalue weighted by atomic mass is 10.0. The van der Waals surface area contributed by atoms with Gasteiger partial charge in [0.15, 0.2) is 0 Å². The van der Waals surface area contributed by atoms with E-state index in [0.29, 0.717) is 18.6 Å². The predicted molar refractivity (Wildman–Crippen MR) is 81.0 cm³/mol. The van der Waals surface area contributed by atoms with Crippen LogP contribution in [0.5, 0.6) is 0 Å². The van der Waals surface area contributed by atoms with Gasteiger partial charge in [0.25, 0.3) is 0 Å². The van der Waals surface area contributed by atoms with Gasteiger partial charge in [0.1, 0.15) is 11.8 Å². The fourth-order valence-electron chi connectivity index (χ4n) is 1.94. The molecule has 0 bridgehead atoms. The molecule has 21 heavy (non-hydrogen) atoms. The van der Waals surface area contributed by atoms with Crippen LogP contribution in [0.25, 0.3) is 0 Å². The summed E-state index contributed by atoms with van der Waals surface area (Å²) in [6, 6.07) is 2.73. The molecule has 1 atom stereocenters. The fourth-order valence-corrected chi connectivity index (χ4v) is 3.23. The summed E-state index contributed by atoms with van der Waals surface area (Å²) in [6.45, 7) is 5.92. The second-order valence-electron chi connectivity index (χ2n) is 5.42. The Bertz CT molecular complexity index is 523. The van der Waals surface area contributed by atoms with E-state index in [1.807, 2.05) is 13.8 Å². The summed E-state index contributed by atoms with van der Waals surface area (Å²) in [5, 5.41) is 2.70. The molecule has 2 N–H and O–H groups in total. The molecule has 0 saturated carbocycles. The number of furan rings is 1. The number of sulfonamides is 1. The Hall–Kier alpha value is -1.34. The van der Waals surface area contributed by atoms with Crippen LogP contribution in [0.1, 0.15) is 39.4 Å². The van der Waals surface area contributed by atoms with Crippen LogP contribution in [-0.2, 0) is 21.4 Å². The zero-order valence-electron chi connectivity index (χ0n) is 12.8. The first-order valence-corrected chi connectivity index (χ1v) is 8.79. The van der Waals surface area contributed by atoms with Gasteiger partial charge in [-0.3, -0.25) is 4.79 Å². The minimum absolute atomic E-state index is 0.0209. The summed E-state index contributed by atoms with van der Waals surface area (Å²) < 4.78 is 31.3. The zero-order chi connectivity index (χ0) is 15.9. The van der Waals surface area contributed by atoms with Gasteiger partial charge in [-0.05, 0) is 30.9 Å². The smallest absolute Gasteiger partial charge is 0.238 e. The van der Waals surface area contributed by atoms with E-state index in [9.17, 15) is 13.2 Å². The standard InChI is InChI=1S/C14H24N2O4S/c1-4-8-21(18,19)16-13(9-11(2)3)14(17)15-10-12-6-5-7-20-12/h5-7,11,13,16H,4,8-10H2,1-3H3,(H,15,17)/t13-/m0/s1. The zero-order valence-corrected chi connectivity index (χ0v) is 13.6. The summed E-state index contributed by atoms with van der Waals surface area (Å²) in [7, 11) is -3.43. The third-order valence-electron chi connectivity index (χ3n) is 2.84. The molecule has 0 aromatic carbocycles. The molecule has 0 aliphatic rings. The first-order chi connectivity index (χ1) is 9.84. The van der Waals surface area contributed by atoms with Crippen LogP contribution >= 0.6 is 0 Å². The highest BCUT2D eigenvalue weighted by Crippen LogP contribution is 2.08. The average molecular weight is 316 g/mol. The molecule has 1 aromatic heterocycles. The number of hydrogen-bond donors (Lipinski definition) is 2. The lowest BCUT2D eigenvalue weighted by Gasteiger charge is -2.19. The third-order valence-corrected chi connectivity index (χ3v) is 4.42. The molecule has 0 aliphatic carbocycles. The van der Waals surface area contributed by atoms with Gasteiger partial charge in [-0.25, -0.2) is 13.1 Å². The van der Waals surface area contributed by atoms with Gasteiger partial charge in [0, 0.05) is 0 Å². The molecule has 0 aliphatic heterocycles. The van der Waals surface area contributed by atoms with Gasteiger partial charge >= 0.3 is 0 Å². The molecule has 1 heterocycles. The van der Waals surface area contributed by atoms with Crippen molar-refractivity contribution in [3.63, 3.8) is 0 Å². The van der Waals surface area contributed by atoms with Crippen LogP contribution in [0.4, 0.5) is 0 Å². The molecule has 0 unspecified atom stereocenters. The fraction of sp³-hybridized carbons (Fsp3) is 0.643. The summed E-state index contributed by atoms with van der Waals surface area (Å²) >= 11 is 0. The van der Waals surface area contributed by atoms with Crippen molar-refractivity contribution < 1.29 is 17.6 Å². The molecule has 120 valence electrons. The Morgan fingerprint density at radius 1 is 1.38 bits per heavy atom. The molecule has 0 spiro atoms. The van der Waals surface area contributed by atoms with Crippen molar-refractivity contribution in [2.45, 2.75) is 46.2 Å².